The number of H-pyrrole nitrogens is 1. The van der Waals surface area contributed by atoms with Gasteiger partial charge in [0.2, 0.25) is 9.84 Å². The minimum Gasteiger partial charge on any atom is -0.322 e. The highest BCUT2D eigenvalue weighted by Gasteiger charge is 2.35. The summed E-state index contributed by atoms with van der Waals surface area (Å²) in [6, 6.07) is 15.4. The van der Waals surface area contributed by atoms with Gasteiger partial charge in [0.25, 0.3) is 5.91 Å². The van der Waals surface area contributed by atoms with Gasteiger partial charge in [0.15, 0.2) is 5.78 Å². The van der Waals surface area contributed by atoms with Crippen LogP contribution in [0.5, 0.6) is 0 Å². The quantitative estimate of drug-likeness (QED) is 0.470. The summed E-state index contributed by atoms with van der Waals surface area (Å²) in [7, 11) is -3.90. The maximum Gasteiger partial charge on any atom is 0.255 e. The van der Waals surface area contributed by atoms with E-state index in [-0.39, 0.29) is 32.3 Å². The first kappa shape index (κ1) is 17.3. The normalized spacial score (nSPS) is 14.3. The monoisotopic (exact) mass is 403 g/mol. The molecule has 0 spiro atoms. The number of aromatic nitrogens is 2. The lowest BCUT2D eigenvalue weighted by molar-refractivity contribution is 0.101. The molecule has 0 fully saturated rings. The van der Waals surface area contributed by atoms with Crippen molar-refractivity contribution in [2.75, 3.05) is 5.32 Å². The average Bonchev–Trinajstić information content (AvgIpc) is 3.20. The van der Waals surface area contributed by atoms with Gasteiger partial charge in [-0.25, -0.2) is 8.42 Å². The number of fused-ring (bicyclic) bond motifs is 3. The van der Waals surface area contributed by atoms with Gasteiger partial charge in [-0.05, 0) is 48.5 Å². The molecule has 3 aromatic carbocycles. The van der Waals surface area contributed by atoms with Gasteiger partial charge in [0.1, 0.15) is 0 Å². The summed E-state index contributed by atoms with van der Waals surface area (Å²) in [5.74, 6) is -0.852. The van der Waals surface area contributed by atoms with Gasteiger partial charge < -0.3 is 5.32 Å². The molecular formula is C21H13N3O4S. The molecule has 7 nitrogen and oxygen atoms in total. The first-order chi connectivity index (χ1) is 13.9. The van der Waals surface area contributed by atoms with Crippen molar-refractivity contribution >= 4 is 38.1 Å². The lowest BCUT2D eigenvalue weighted by atomic mass is 10.0. The Bertz CT molecular complexity index is 1440. The fraction of sp³-hybridized carbons (Fsp3) is 0. The molecule has 1 amide bonds. The summed E-state index contributed by atoms with van der Waals surface area (Å²) in [4.78, 5) is 25.2. The zero-order chi connectivity index (χ0) is 20.2. The van der Waals surface area contributed by atoms with Crippen LogP contribution in [0.25, 0.3) is 10.9 Å². The molecule has 0 atom stereocenters. The standard InChI is InChI=1S/C21H13N3O4S/c25-20-15-3-1-2-4-18(15)29(27,28)19-9-12(6-8-16(19)20)21(26)23-14-7-5-13-11-22-24-17(13)10-14/h1-11H,(H,22,24)(H,23,26). The number of sulfone groups is 1. The predicted octanol–water partition coefficient (Wildman–Crippen LogP) is 3.19. The first-order valence-corrected chi connectivity index (χ1v) is 10.2. The first-order valence-electron chi connectivity index (χ1n) is 8.72. The summed E-state index contributed by atoms with van der Waals surface area (Å²) in [6.07, 6.45) is 1.67. The fourth-order valence-corrected chi connectivity index (χ4v) is 5.12. The minimum atomic E-state index is -3.90. The fourth-order valence-electron chi connectivity index (χ4n) is 3.44. The van der Waals surface area contributed by atoms with E-state index >= 15 is 0 Å². The van der Waals surface area contributed by atoms with Gasteiger partial charge >= 0.3 is 0 Å². The van der Waals surface area contributed by atoms with E-state index in [0.717, 1.165) is 10.9 Å². The van der Waals surface area contributed by atoms with Crippen LogP contribution in [0.15, 0.2) is 76.7 Å². The van der Waals surface area contributed by atoms with Gasteiger partial charge in [-0.2, -0.15) is 5.10 Å². The van der Waals surface area contributed by atoms with Crippen molar-refractivity contribution in [2.45, 2.75) is 9.79 Å². The number of carbonyl (C=O) groups is 2. The van der Waals surface area contributed by atoms with Crippen LogP contribution in [-0.4, -0.2) is 30.3 Å². The Morgan fingerprint density at radius 2 is 1.72 bits per heavy atom. The summed E-state index contributed by atoms with van der Waals surface area (Å²) < 4.78 is 26.0. The smallest absolute Gasteiger partial charge is 0.255 e. The van der Waals surface area contributed by atoms with Gasteiger partial charge in [0, 0.05) is 27.8 Å². The molecule has 5 rings (SSSR count). The second-order valence-corrected chi connectivity index (χ2v) is 8.55. The van der Waals surface area contributed by atoms with Crippen molar-refractivity contribution in [1.29, 1.82) is 0 Å². The van der Waals surface area contributed by atoms with Crippen molar-refractivity contribution in [3.63, 3.8) is 0 Å². The van der Waals surface area contributed by atoms with Crippen molar-refractivity contribution in [1.82, 2.24) is 10.2 Å². The van der Waals surface area contributed by atoms with Crippen LogP contribution in [0.3, 0.4) is 0 Å². The molecule has 1 aliphatic heterocycles. The number of hydrogen-bond acceptors (Lipinski definition) is 5. The molecule has 2 heterocycles. The van der Waals surface area contributed by atoms with E-state index in [9.17, 15) is 18.0 Å². The Balaban J connectivity index is 1.54. The molecule has 8 heteroatoms. The number of anilines is 1. The second-order valence-electron chi connectivity index (χ2n) is 6.67. The molecule has 2 N–H and O–H groups in total. The maximum atomic E-state index is 13.0. The number of benzene rings is 3. The minimum absolute atomic E-state index is 0.0419. The number of carbonyl (C=O) groups excluding carboxylic acids is 2. The molecule has 1 aromatic heterocycles. The van der Waals surface area contributed by atoms with E-state index in [1.807, 2.05) is 0 Å². The molecule has 0 saturated carbocycles. The molecule has 0 radical (unpaired) electrons. The summed E-state index contributed by atoms with van der Waals surface area (Å²) >= 11 is 0. The highest BCUT2D eigenvalue weighted by atomic mass is 32.2. The van der Waals surface area contributed by atoms with Crippen molar-refractivity contribution < 1.29 is 18.0 Å². The van der Waals surface area contributed by atoms with Crippen LogP contribution in [0.2, 0.25) is 0 Å². The Hall–Kier alpha value is -3.78. The molecule has 29 heavy (non-hydrogen) atoms. The topological polar surface area (TPSA) is 109 Å². The predicted molar refractivity (Wildman–Crippen MR) is 106 cm³/mol. The number of hydrogen-bond donors (Lipinski definition) is 2. The van der Waals surface area contributed by atoms with E-state index in [0.29, 0.717) is 5.69 Å². The number of ketones is 1. The molecule has 0 aliphatic carbocycles. The molecule has 0 unspecified atom stereocenters. The third-order valence-corrected chi connectivity index (χ3v) is 6.75. The maximum absolute atomic E-state index is 13.0. The third kappa shape index (κ3) is 2.65. The number of rotatable bonds is 2. The summed E-state index contributed by atoms with van der Waals surface area (Å²) in [6.45, 7) is 0. The van der Waals surface area contributed by atoms with E-state index in [4.69, 9.17) is 0 Å². The van der Waals surface area contributed by atoms with Gasteiger partial charge in [0.05, 0.1) is 21.5 Å². The molecule has 4 aromatic rings. The lowest BCUT2D eigenvalue weighted by Gasteiger charge is -2.19. The largest absolute Gasteiger partial charge is 0.322 e. The average molecular weight is 403 g/mol. The van der Waals surface area contributed by atoms with E-state index < -0.39 is 15.7 Å². The zero-order valence-corrected chi connectivity index (χ0v) is 15.7. The van der Waals surface area contributed by atoms with Crippen LogP contribution < -0.4 is 5.32 Å². The van der Waals surface area contributed by atoms with Crippen molar-refractivity contribution in [2.24, 2.45) is 0 Å². The Kier molecular flexibility index (Phi) is 3.65. The summed E-state index contributed by atoms with van der Waals surface area (Å²) in [5.41, 5.74) is 1.65. The number of nitrogens with one attached hydrogen (secondary N) is 2. The number of nitrogens with zero attached hydrogens (tertiary/aromatic N) is 1. The SMILES string of the molecule is O=C(Nc1ccc2cn[nH]c2c1)c1ccc2c(c1)S(=O)(=O)c1ccccc1C2=O. The number of aromatic amines is 1. The van der Waals surface area contributed by atoms with Gasteiger partial charge in [-0.3, -0.25) is 14.7 Å². The van der Waals surface area contributed by atoms with Crippen LogP contribution in [0, 0.1) is 0 Å². The van der Waals surface area contributed by atoms with Crippen LogP contribution in [0.1, 0.15) is 26.3 Å². The second kappa shape index (κ2) is 6.11. The molecular weight excluding hydrogens is 390 g/mol. The highest BCUT2D eigenvalue weighted by Crippen LogP contribution is 2.34. The van der Waals surface area contributed by atoms with Crippen molar-refractivity contribution in [3.8, 4) is 0 Å². The van der Waals surface area contributed by atoms with Gasteiger partial charge in [-0.1, -0.05) is 12.1 Å². The molecule has 0 saturated heterocycles. The van der Waals surface area contributed by atoms with Crippen molar-refractivity contribution in [3.05, 3.63) is 83.6 Å². The van der Waals surface area contributed by atoms with Gasteiger partial charge in [-0.15, -0.1) is 0 Å². The zero-order valence-electron chi connectivity index (χ0n) is 14.8. The number of amides is 1. The highest BCUT2D eigenvalue weighted by molar-refractivity contribution is 7.91. The molecule has 142 valence electrons. The molecule has 0 bridgehead atoms. The van der Waals surface area contributed by atoms with E-state index in [1.54, 1.807) is 36.5 Å². The van der Waals surface area contributed by atoms with E-state index in [2.05, 4.69) is 15.5 Å². The van der Waals surface area contributed by atoms with Crippen LogP contribution in [-0.2, 0) is 9.84 Å². The Morgan fingerprint density at radius 3 is 2.59 bits per heavy atom. The lowest BCUT2D eigenvalue weighted by Crippen LogP contribution is -2.21. The Morgan fingerprint density at radius 1 is 0.931 bits per heavy atom. The Labute approximate surface area is 165 Å². The summed E-state index contributed by atoms with van der Waals surface area (Å²) in [5, 5.41) is 10.4. The van der Waals surface area contributed by atoms with E-state index in [1.165, 1.54) is 30.3 Å². The third-order valence-electron chi connectivity index (χ3n) is 4.90. The molecule has 1 aliphatic rings. The van der Waals surface area contributed by atoms with Crippen LogP contribution >= 0.6 is 0 Å². The van der Waals surface area contributed by atoms with Crippen LogP contribution in [0.4, 0.5) is 5.69 Å².